The highest BCUT2D eigenvalue weighted by Crippen LogP contribution is 2.28. The second kappa shape index (κ2) is 8.23. The zero-order valence-electron chi connectivity index (χ0n) is 16.7. The van der Waals surface area contributed by atoms with Gasteiger partial charge in [0.1, 0.15) is 11.4 Å². The van der Waals surface area contributed by atoms with Gasteiger partial charge >= 0.3 is 0 Å². The number of thioether (sulfide) groups is 2. The standard InChI is InChI=1S/C21H20N6OS2/c1-13-16-4-3-5-17(16)27(25-13)18-10-20(23-12-22-18)30-11-19-24-21(26-28-19)14-6-8-15(29-2)9-7-14/h6-10,12H,3-5,11H2,1-2H3. The van der Waals surface area contributed by atoms with E-state index in [4.69, 9.17) is 4.52 Å². The van der Waals surface area contributed by atoms with Crippen LogP contribution in [-0.4, -0.2) is 36.1 Å². The Morgan fingerprint density at radius 3 is 2.83 bits per heavy atom. The molecule has 5 rings (SSSR count). The van der Waals surface area contributed by atoms with Crippen LogP contribution in [0.15, 0.2) is 51.1 Å². The third-order valence-electron chi connectivity index (χ3n) is 5.14. The molecule has 0 fully saturated rings. The third kappa shape index (κ3) is 3.75. The van der Waals surface area contributed by atoms with Crippen LogP contribution >= 0.6 is 23.5 Å². The number of hydrogen-bond acceptors (Lipinski definition) is 8. The van der Waals surface area contributed by atoms with Crippen LogP contribution in [0, 0.1) is 6.92 Å². The van der Waals surface area contributed by atoms with E-state index in [2.05, 4.69) is 50.5 Å². The Hall–Kier alpha value is -2.65. The van der Waals surface area contributed by atoms with Gasteiger partial charge in [-0.3, -0.25) is 0 Å². The fourth-order valence-corrected chi connectivity index (χ4v) is 4.75. The molecule has 1 aliphatic rings. The molecule has 0 amide bonds. The number of rotatable bonds is 6. The first-order valence-corrected chi connectivity index (χ1v) is 11.9. The van der Waals surface area contributed by atoms with Crippen LogP contribution in [0.25, 0.3) is 17.2 Å². The zero-order chi connectivity index (χ0) is 20.5. The van der Waals surface area contributed by atoms with Gasteiger partial charge < -0.3 is 4.52 Å². The van der Waals surface area contributed by atoms with Crippen molar-refractivity contribution in [3.05, 3.63) is 59.5 Å². The molecule has 0 aliphatic heterocycles. The largest absolute Gasteiger partial charge is 0.338 e. The molecular formula is C21H20N6OS2. The number of hydrogen-bond donors (Lipinski definition) is 0. The minimum absolute atomic E-state index is 0.544. The van der Waals surface area contributed by atoms with E-state index >= 15 is 0 Å². The molecule has 7 nitrogen and oxygen atoms in total. The monoisotopic (exact) mass is 436 g/mol. The highest BCUT2D eigenvalue weighted by Gasteiger charge is 2.21. The lowest BCUT2D eigenvalue weighted by atomic mass is 10.2. The van der Waals surface area contributed by atoms with Crippen molar-refractivity contribution in [2.75, 3.05) is 6.26 Å². The van der Waals surface area contributed by atoms with Crippen molar-refractivity contribution in [2.24, 2.45) is 0 Å². The molecule has 0 spiro atoms. The molecule has 0 unspecified atom stereocenters. The lowest BCUT2D eigenvalue weighted by Gasteiger charge is -2.05. The SMILES string of the molecule is CSc1ccc(-c2noc(CSc3cc(-n4nc(C)c5c4CCC5)ncn3)n2)cc1. The second-order valence-corrected chi connectivity index (χ2v) is 8.89. The molecule has 152 valence electrons. The lowest BCUT2D eigenvalue weighted by Crippen LogP contribution is -2.04. The molecule has 9 heteroatoms. The minimum Gasteiger partial charge on any atom is -0.338 e. The van der Waals surface area contributed by atoms with Crippen molar-refractivity contribution in [3.63, 3.8) is 0 Å². The van der Waals surface area contributed by atoms with Crippen molar-refractivity contribution in [1.82, 2.24) is 29.9 Å². The minimum atomic E-state index is 0.544. The van der Waals surface area contributed by atoms with Gasteiger partial charge in [0, 0.05) is 22.2 Å². The Morgan fingerprint density at radius 2 is 2.00 bits per heavy atom. The van der Waals surface area contributed by atoms with E-state index in [0.29, 0.717) is 17.5 Å². The predicted molar refractivity (Wildman–Crippen MR) is 117 cm³/mol. The highest BCUT2D eigenvalue weighted by molar-refractivity contribution is 7.98. The highest BCUT2D eigenvalue weighted by atomic mass is 32.2. The molecule has 4 aromatic rings. The van der Waals surface area contributed by atoms with E-state index in [-0.39, 0.29) is 0 Å². The van der Waals surface area contributed by atoms with E-state index < -0.39 is 0 Å². The summed E-state index contributed by atoms with van der Waals surface area (Å²) in [6.45, 7) is 2.07. The number of fused-ring (bicyclic) bond motifs is 1. The summed E-state index contributed by atoms with van der Waals surface area (Å²) >= 11 is 3.25. The van der Waals surface area contributed by atoms with Crippen LogP contribution in [0.3, 0.4) is 0 Å². The van der Waals surface area contributed by atoms with E-state index in [1.54, 1.807) is 29.9 Å². The van der Waals surface area contributed by atoms with Gasteiger partial charge in [0.25, 0.3) is 0 Å². The van der Waals surface area contributed by atoms with Crippen LogP contribution in [0.4, 0.5) is 0 Å². The zero-order valence-corrected chi connectivity index (χ0v) is 18.3. The Labute approximate surface area is 182 Å². The lowest BCUT2D eigenvalue weighted by molar-refractivity contribution is 0.391. The summed E-state index contributed by atoms with van der Waals surface area (Å²) in [6, 6.07) is 10.1. The van der Waals surface area contributed by atoms with Crippen LogP contribution in [0.5, 0.6) is 0 Å². The molecule has 0 saturated carbocycles. The molecule has 0 N–H and O–H groups in total. The van der Waals surface area contributed by atoms with E-state index in [1.165, 1.54) is 22.6 Å². The first-order valence-electron chi connectivity index (χ1n) is 9.71. The molecule has 3 aromatic heterocycles. The Balaban J connectivity index is 1.30. The first-order chi connectivity index (χ1) is 14.7. The molecule has 0 bridgehead atoms. The molecule has 0 radical (unpaired) electrons. The number of nitrogens with zero attached hydrogens (tertiary/aromatic N) is 6. The van der Waals surface area contributed by atoms with Crippen molar-refractivity contribution in [1.29, 1.82) is 0 Å². The summed E-state index contributed by atoms with van der Waals surface area (Å²) in [5.74, 6) is 2.52. The second-order valence-electron chi connectivity index (χ2n) is 7.02. The van der Waals surface area contributed by atoms with Crippen molar-refractivity contribution >= 4 is 23.5 Å². The fraction of sp³-hybridized carbons (Fsp3) is 0.286. The fourth-order valence-electron chi connectivity index (χ4n) is 3.64. The van der Waals surface area contributed by atoms with Crippen molar-refractivity contribution in [3.8, 4) is 17.2 Å². The summed E-state index contributed by atoms with van der Waals surface area (Å²) in [7, 11) is 0. The van der Waals surface area contributed by atoms with Crippen LogP contribution in [0.1, 0.15) is 29.3 Å². The molecule has 1 aliphatic carbocycles. The Kier molecular flexibility index (Phi) is 5.30. The van der Waals surface area contributed by atoms with Gasteiger partial charge in [-0.2, -0.15) is 10.1 Å². The molecule has 1 aromatic carbocycles. The van der Waals surface area contributed by atoms with E-state index in [0.717, 1.165) is 34.9 Å². The Bertz CT molecular complexity index is 1180. The summed E-state index contributed by atoms with van der Waals surface area (Å²) < 4.78 is 7.39. The number of aromatic nitrogens is 6. The average Bonchev–Trinajstić information content (AvgIpc) is 3.51. The van der Waals surface area contributed by atoms with Crippen molar-refractivity contribution in [2.45, 2.75) is 41.9 Å². The first kappa shape index (κ1) is 19.3. The predicted octanol–water partition coefficient (Wildman–Crippen LogP) is 4.52. The van der Waals surface area contributed by atoms with Crippen LogP contribution in [0.2, 0.25) is 0 Å². The Morgan fingerprint density at radius 1 is 1.13 bits per heavy atom. The summed E-state index contributed by atoms with van der Waals surface area (Å²) in [5.41, 5.74) is 4.68. The van der Waals surface area contributed by atoms with Crippen molar-refractivity contribution < 1.29 is 4.52 Å². The van der Waals surface area contributed by atoms with Gasteiger partial charge in [-0.1, -0.05) is 16.9 Å². The molecular weight excluding hydrogens is 416 g/mol. The maximum absolute atomic E-state index is 5.43. The summed E-state index contributed by atoms with van der Waals surface area (Å²) in [5, 5.41) is 9.65. The number of aryl methyl sites for hydroxylation is 1. The smallest absolute Gasteiger partial charge is 0.237 e. The van der Waals surface area contributed by atoms with Crippen LogP contribution < -0.4 is 0 Å². The van der Waals surface area contributed by atoms with Gasteiger partial charge in [-0.05, 0) is 62.3 Å². The molecule has 30 heavy (non-hydrogen) atoms. The van der Waals surface area contributed by atoms with Gasteiger partial charge in [0.05, 0.1) is 11.4 Å². The average molecular weight is 437 g/mol. The topological polar surface area (TPSA) is 82.5 Å². The summed E-state index contributed by atoms with van der Waals surface area (Å²) in [4.78, 5) is 14.5. The quantitative estimate of drug-likeness (QED) is 0.322. The molecule has 0 saturated heterocycles. The maximum Gasteiger partial charge on any atom is 0.237 e. The molecule has 0 atom stereocenters. The van der Waals surface area contributed by atoms with E-state index in [9.17, 15) is 0 Å². The number of benzene rings is 1. The third-order valence-corrected chi connectivity index (χ3v) is 6.79. The summed E-state index contributed by atoms with van der Waals surface area (Å²) in [6.07, 6.45) is 6.97. The van der Waals surface area contributed by atoms with E-state index in [1.807, 2.05) is 22.9 Å². The van der Waals surface area contributed by atoms with Gasteiger partial charge in [-0.25, -0.2) is 14.6 Å². The maximum atomic E-state index is 5.43. The molecule has 3 heterocycles. The van der Waals surface area contributed by atoms with Gasteiger partial charge in [-0.15, -0.1) is 11.8 Å². The van der Waals surface area contributed by atoms with Crippen LogP contribution in [-0.2, 0) is 18.6 Å². The normalized spacial score (nSPS) is 13.0. The van der Waals surface area contributed by atoms with Gasteiger partial charge in [0.15, 0.2) is 5.82 Å². The van der Waals surface area contributed by atoms with Gasteiger partial charge in [0.2, 0.25) is 11.7 Å².